The number of nitrogens with one attached hydrogen (secondary N) is 2. The van der Waals surface area contributed by atoms with Crippen molar-refractivity contribution in [2.75, 3.05) is 17.7 Å². The van der Waals surface area contributed by atoms with Crippen LogP contribution in [-0.2, 0) is 0 Å². The third kappa shape index (κ3) is 3.46. The summed E-state index contributed by atoms with van der Waals surface area (Å²) in [5.41, 5.74) is 0.304. The first kappa shape index (κ1) is 14.7. The van der Waals surface area contributed by atoms with Gasteiger partial charge < -0.3 is 10.6 Å². The Morgan fingerprint density at radius 1 is 1.38 bits per heavy atom. The van der Waals surface area contributed by atoms with Gasteiger partial charge in [0.1, 0.15) is 12.0 Å². The van der Waals surface area contributed by atoms with E-state index in [1.165, 1.54) is 6.07 Å². The number of halogens is 1. The average Bonchev–Trinajstić information content (AvgIpc) is 2.46. The molecule has 0 bridgehead atoms. The molecule has 0 atom stereocenters. The molecule has 108 valence electrons. The molecule has 0 radical (unpaired) electrons. The number of anilines is 2. The summed E-state index contributed by atoms with van der Waals surface area (Å²) in [5.74, 6) is -0.266. The molecule has 2 rings (SSSR count). The van der Waals surface area contributed by atoms with Gasteiger partial charge in [-0.3, -0.25) is 14.9 Å². The number of carbonyl (C=O) groups is 1. The Balaban J connectivity index is 2.33. The number of amides is 1. The summed E-state index contributed by atoms with van der Waals surface area (Å²) in [6.07, 6.45) is 1.09. The lowest BCUT2D eigenvalue weighted by molar-refractivity contribution is -0.385. The lowest BCUT2D eigenvalue weighted by Crippen LogP contribution is -2.15. The van der Waals surface area contributed by atoms with Crippen LogP contribution < -0.4 is 10.6 Å². The van der Waals surface area contributed by atoms with Crippen LogP contribution in [0.25, 0.3) is 0 Å². The summed E-state index contributed by atoms with van der Waals surface area (Å²) in [6.45, 7) is 0. The van der Waals surface area contributed by atoms with E-state index < -0.39 is 10.8 Å². The summed E-state index contributed by atoms with van der Waals surface area (Å²) in [4.78, 5) is 26.2. The van der Waals surface area contributed by atoms with Crippen molar-refractivity contribution in [3.63, 3.8) is 0 Å². The molecule has 1 heterocycles. The zero-order chi connectivity index (χ0) is 15.4. The van der Waals surface area contributed by atoms with Crippen LogP contribution in [0.4, 0.5) is 17.2 Å². The summed E-state index contributed by atoms with van der Waals surface area (Å²) in [6, 6.07) is 7.75. The molecule has 8 heteroatoms. The minimum absolute atomic E-state index is 0.0756. The van der Waals surface area contributed by atoms with E-state index in [2.05, 4.69) is 15.6 Å². The molecule has 0 spiro atoms. The molecule has 2 N–H and O–H groups in total. The number of aromatic nitrogens is 1. The van der Waals surface area contributed by atoms with E-state index in [0.717, 1.165) is 6.20 Å². The summed E-state index contributed by atoms with van der Waals surface area (Å²) < 4.78 is 0. The molecule has 0 saturated carbocycles. The average molecular weight is 307 g/mol. The first-order chi connectivity index (χ1) is 10.0. The number of rotatable bonds is 4. The van der Waals surface area contributed by atoms with E-state index >= 15 is 0 Å². The number of benzene rings is 1. The number of hydrogen-bond acceptors (Lipinski definition) is 5. The lowest BCUT2D eigenvalue weighted by Gasteiger charge is -2.09. The zero-order valence-electron chi connectivity index (χ0n) is 11.0. The van der Waals surface area contributed by atoms with E-state index in [0.29, 0.717) is 10.7 Å². The van der Waals surface area contributed by atoms with Gasteiger partial charge in [-0.1, -0.05) is 17.7 Å². The predicted molar refractivity (Wildman–Crippen MR) is 79.8 cm³/mol. The van der Waals surface area contributed by atoms with E-state index in [4.69, 9.17) is 11.6 Å². The van der Waals surface area contributed by atoms with Gasteiger partial charge >= 0.3 is 0 Å². The normalized spacial score (nSPS) is 10.0. The molecule has 21 heavy (non-hydrogen) atoms. The fourth-order valence-electron chi connectivity index (χ4n) is 1.69. The van der Waals surface area contributed by atoms with Gasteiger partial charge in [-0.05, 0) is 18.2 Å². The maximum Gasteiger partial charge on any atom is 0.288 e. The lowest BCUT2D eigenvalue weighted by atomic mass is 10.2. The third-order valence-corrected chi connectivity index (χ3v) is 2.88. The second-order valence-electron chi connectivity index (χ2n) is 4.06. The van der Waals surface area contributed by atoms with Crippen LogP contribution in [0.3, 0.4) is 0 Å². The van der Waals surface area contributed by atoms with Crippen LogP contribution in [0, 0.1) is 10.1 Å². The minimum Gasteiger partial charge on any atom is -0.372 e. The third-order valence-electron chi connectivity index (χ3n) is 2.65. The molecule has 0 fully saturated rings. The van der Waals surface area contributed by atoms with Crippen LogP contribution in [0.15, 0.2) is 36.5 Å². The van der Waals surface area contributed by atoms with Crippen molar-refractivity contribution in [1.29, 1.82) is 0 Å². The van der Waals surface area contributed by atoms with Crippen LogP contribution in [-0.4, -0.2) is 22.9 Å². The molecule has 0 aliphatic rings. The van der Waals surface area contributed by atoms with Crippen LogP contribution in [0.5, 0.6) is 0 Å². The van der Waals surface area contributed by atoms with Gasteiger partial charge in [0.15, 0.2) is 0 Å². The molecule has 0 unspecified atom stereocenters. The predicted octanol–water partition coefficient (Wildman–Crippen LogP) is 2.94. The minimum atomic E-state index is -0.609. The van der Waals surface area contributed by atoms with Crippen molar-refractivity contribution in [3.05, 3.63) is 57.2 Å². The van der Waals surface area contributed by atoms with Gasteiger partial charge in [0, 0.05) is 23.8 Å². The first-order valence-electron chi connectivity index (χ1n) is 5.90. The number of nitrogens with zero attached hydrogens (tertiary/aromatic N) is 2. The molecular formula is C13H11ClN4O3. The van der Waals surface area contributed by atoms with Crippen LogP contribution >= 0.6 is 11.6 Å². The zero-order valence-corrected chi connectivity index (χ0v) is 11.7. The number of carbonyl (C=O) groups excluding carboxylic acids is 1. The Hall–Kier alpha value is -2.67. The quantitative estimate of drug-likeness (QED) is 0.668. The maximum atomic E-state index is 12.2. The summed E-state index contributed by atoms with van der Waals surface area (Å²) in [5, 5.41) is 16.6. The molecule has 7 nitrogen and oxygen atoms in total. The maximum absolute atomic E-state index is 12.2. The van der Waals surface area contributed by atoms with Crippen molar-refractivity contribution in [3.8, 4) is 0 Å². The SMILES string of the molecule is CNc1ncc([N+](=O)[O-])cc1C(=O)Nc1cccc(Cl)c1. The highest BCUT2D eigenvalue weighted by molar-refractivity contribution is 6.31. The fraction of sp³-hybridized carbons (Fsp3) is 0.0769. The Kier molecular flexibility index (Phi) is 4.34. The second-order valence-corrected chi connectivity index (χ2v) is 4.50. The molecule has 0 aliphatic heterocycles. The van der Waals surface area contributed by atoms with Crippen molar-refractivity contribution >= 4 is 34.7 Å². The Morgan fingerprint density at radius 2 is 2.14 bits per heavy atom. The van der Waals surface area contributed by atoms with Gasteiger partial charge in [-0.25, -0.2) is 4.98 Å². The van der Waals surface area contributed by atoms with Gasteiger partial charge in [0.25, 0.3) is 11.6 Å². The van der Waals surface area contributed by atoms with E-state index in [1.54, 1.807) is 31.3 Å². The molecule has 2 aromatic rings. The number of pyridine rings is 1. The highest BCUT2D eigenvalue weighted by atomic mass is 35.5. The van der Waals surface area contributed by atoms with E-state index in [-0.39, 0.29) is 17.1 Å². The standard InChI is InChI=1S/C13H11ClN4O3/c1-15-12-11(6-10(7-16-12)18(20)21)13(19)17-9-4-2-3-8(14)5-9/h2-7H,1H3,(H,15,16)(H,17,19). The molecule has 1 amide bonds. The molecule has 1 aromatic heterocycles. The van der Waals surface area contributed by atoms with Crippen molar-refractivity contribution < 1.29 is 9.72 Å². The summed E-state index contributed by atoms with van der Waals surface area (Å²) in [7, 11) is 1.57. The van der Waals surface area contributed by atoms with E-state index in [9.17, 15) is 14.9 Å². The van der Waals surface area contributed by atoms with Gasteiger partial charge in [0.05, 0.1) is 10.5 Å². The second kappa shape index (κ2) is 6.19. The van der Waals surface area contributed by atoms with Crippen molar-refractivity contribution in [2.45, 2.75) is 0 Å². The molecule has 0 saturated heterocycles. The van der Waals surface area contributed by atoms with Gasteiger partial charge in [-0.2, -0.15) is 0 Å². The van der Waals surface area contributed by atoms with Crippen LogP contribution in [0.1, 0.15) is 10.4 Å². The Bertz CT molecular complexity index is 706. The summed E-state index contributed by atoms with van der Waals surface area (Å²) >= 11 is 5.83. The van der Waals surface area contributed by atoms with Gasteiger partial charge in [0.2, 0.25) is 0 Å². The molecule has 1 aromatic carbocycles. The highest BCUT2D eigenvalue weighted by Crippen LogP contribution is 2.21. The Morgan fingerprint density at radius 3 is 2.76 bits per heavy atom. The van der Waals surface area contributed by atoms with E-state index in [1.807, 2.05) is 0 Å². The van der Waals surface area contributed by atoms with Gasteiger partial charge in [-0.15, -0.1) is 0 Å². The largest absolute Gasteiger partial charge is 0.372 e. The first-order valence-corrected chi connectivity index (χ1v) is 6.28. The Labute approximate surface area is 125 Å². The molecule has 0 aliphatic carbocycles. The monoisotopic (exact) mass is 306 g/mol. The van der Waals surface area contributed by atoms with Crippen molar-refractivity contribution in [1.82, 2.24) is 4.98 Å². The number of hydrogen-bond donors (Lipinski definition) is 2. The highest BCUT2D eigenvalue weighted by Gasteiger charge is 2.17. The number of nitro groups is 1. The van der Waals surface area contributed by atoms with Crippen molar-refractivity contribution in [2.24, 2.45) is 0 Å². The topological polar surface area (TPSA) is 97.2 Å². The molecular weight excluding hydrogens is 296 g/mol. The smallest absolute Gasteiger partial charge is 0.288 e. The fourth-order valence-corrected chi connectivity index (χ4v) is 1.88. The van der Waals surface area contributed by atoms with Crippen LogP contribution in [0.2, 0.25) is 5.02 Å².